The summed E-state index contributed by atoms with van der Waals surface area (Å²) in [5.41, 5.74) is 0.0532. The van der Waals surface area contributed by atoms with Gasteiger partial charge in [-0.2, -0.15) is 5.26 Å². The number of aromatic nitrogens is 1. The number of fused-ring (bicyclic) bond motifs is 1. The molecule has 0 spiro atoms. The SMILES string of the molecule is CC(C)(C#N)c1nc2c(s1)CCCC2C(=O)O. The lowest BCUT2D eigenvalue weighted by molar-refractivity contribution is -0.139. The van der Waals surface area contributed by atoms with Gasteiger partial charge in [-0.05, 0) is 33.1 Å². The van der Waals surface area contributed by atoms with E-state index in [2.05, 4.69) is 11.1 Å². The molecule has 1 N–H and O–H groups in total. The van der Waals surface area contributed by atoms with Gasteiger partial charge in [0.1, 0.15) is 10.4 Å². The fourth-order valence-corrected chi connectivity index (χ4v) is 3.19. The molecule has 0 aromatic carbocycles. The Hall–Kier alpha value is -1.41. The number of carboxylic acids is 1. The van der Waals surface area contributed by atoms with E-state index in [0.717, 1.165) is 22.7 Å². The molecule has 0 radical (unpaired) electrons. The van der Waals surface area contributed by atoms with E-state index in [9.17, 15) is 4.79 Å². The summed E-state index contributed by atoms with van der Waals surface area (Å²) in [6, 6.07) is 2.21. The monoisotopic (exact) mass is 250 g/mol. The predicted molar refractivity (Wildman–Crippen MR) is 64.1 cm³/mol. The van der Waals surface area contributed by atoms with Crippen molar-refractivity contribution >= 4 is 17.3 Å². The van der Waals surface area contributed by atoms with E-state index in [1.54, 1.807) is 0 Å². The van der Waals surface area contributed by atoms with Crippen molar-refractivity contribution in [1.82, 2.24) is 4.98 Å². The molecule has 1 aromatic heterocycles. The number of aryl methyl sites for hydroxylation is 1. The van der Waals surface area contributed by atoms with Crippen LogP contribution < -0.4 is 0 Å². The van der Waals surface area contributed by atoms with Gasteiger partial charge in [0, 0.05) is 4.88 Å². The van der Waals surface area contributed by atoms with Crippen molar-refractivity contribution in [1.29, 1.82) is 5.26 Å². The number of thiazole rings is 1. The summed E-state index contributed by atoms with van der Waals surface area (Å²) in [5, 5.41) is 19.0. The van der Waals surface area contributed by atoms with Crippen LogP contribution in [-0.4, -0.2) is 16.1 Å². The Balaban J connectivity index is 2.45. The highest BCUT2D eigenvalue weighted by atomic mass is 32.1. The van der Waals surface area contributed by atoms with E-state index in [1.165, 1.54) is 11.3 Å². The number of aliphatic carboxylic acids is 1. The smallest absolute Gasteiger partial charge is 0.312 e. The molecule has 1 aliphatic carbocycles. The number of nitrogens with zero attached hydrogens (tertiary/aromatic N) is 2. The first-order valence-electron chi connectivity index (χ1n) is 5.60. The zero-order valence-electron chi connectivity index (χ0n) is 9.86. The normalized spacial score (nSPS) is 19.5. The zero-order valence-corrected chi connectivity index (χ0v) is 10.7. The van der Waals surface area contributed by atoms with Gasteiger partial charge in [0.05, 0.1) is 17.7 Å². The van der Waals surface area contributed by atoms with Crippen molar-refractivity contribution in [2.75, 3.05) is 0 Å². The van der Waals surface area contributed by atoms with E-state index in [1.807, 2.05) is 13.8 Å². The van der Waals surface area contributed by atoms with Crippen LogP contribution >= 0.6 is 11.3 Å². The number of carbonyl (C=O) groups is 1. The second kappa shape index (κ2) is 4.11. The van der Waals surface area contributed by atoms with E-state index >= 15 is 0 Å². The van der Waals surface area contributed by atoms with Gasteiger partial charge in [-0.15, -0.1) is 11.3 Å². The molecule has 0 bridgehead atoms. The van der Waals surface area contributed by atoms with Crippen LogP contribution in [0.25, 0.3) is 0 Å². The molecule has 0 fully saturated rings. The number of carboxylic acid groups (broad SMARTS) is 1. The van der Waals surface area contributed by atoms with Crippen LogP contribution in [0.1, 0.15) is 48.2 Å². The number of hydrogen-bond acceptors (Lipinski definition) is 4. The lowest BCUT2D eigenvalue weighted by Crippen LogP contribution is -2.18. The van der Waals surface area contributed by atoms with Crippen molar-refractivity contribution in [2.45, 2.75) is 44.4 Å². The molecule has 0 amide bonds. The van der Waals surface area contributed by atoms with Crippen molar-refractivity contribution in [3.8, 4) is 6.07 Å². The minimum absolute atomic E-state index is 0.488. The van der Waals surface area contributed by atoms with Gasteiger partial charge in [0.2, 0.25) is 0 Å². The largest absolute Gasteiger partial charge is 0.481 e. The van der Waals surface area contributed by atoms with Crippen molar-refractivity contribution in [3.63, 3.8) is 0 Å². The molecular formula is C12H14N2O2S. The molecular weight excluding hydrogens is 236 g/mol. The first-order valence-corrected chi connectivity index (χ1v) is 6.41. The first kappa shape index (κ1) is 12.1. The zero-order chi connectivity index (χ0) is 12.6. The van der Waals surface area contributed by atoms with Gasteiger partial charge < -0.3 is 5.11 Å². The quantitative estimate of drug-likeness (QED) is 0.874. The molecule has 0 saturated heterocycles. The maximum atomic E-state index is 11.1. The van der Waals surface area contributed by atoms with Crippen LogP contribution in [0.15, 0.2) is 0 Å². The average Bonchev–Trinajstić information content (AvgIpc) is 2.72. The third-order valence-electron chi connectivity index (χ3n) is 3.07. The maximum absolute atomic E-state index is 11.1. The van der Waals surface area contributed by atoms with Crippen molar-refractivity contribution in [3.05, 3.63) is 15.6 Å². The lowest BCUT2D eigenvalue weighted by atomic mass is 9.91. The molecule has 90 valence electrons. The average molecular weight is 250 g/mol. The highest BCUT2D eigenvalue weighted by molar-refractivity contribution is 7.12. The standard InChI is InChI=1S/C12H14N2O2S/c1-12(2,6-13)11-14-9-7(10(15)16)4-3-5-8(9)17-11/h7H,3-5H2,1-2H3,(H,15,16). The molecule has 0 aliphatic heterocycles. The molecule has 1 heterocycles. The van der Waals surface area contributed by atoms with Gasteiger partial charge in [0.25, 0.3) is 0 Å². The summed E-state index contributed by atoms with van der Waals surface area (Å²) in [4.78, 5) is 16.6. The topological polar surface area (TPSA) is 74.0 Å². The summed E-state index contributed by atoms with van der Waals surface area (Å²) >= 11 is 1.49. The minimum Gasteiger partial charge on any atom is -0.481 e. The van der Waals surface area contributed by atoms with E-state index < -0.39 is 17.3 Å². The second-order valence-corrected chi connectivity index (χ2v) is 5.93. The maximum Gasteiger partial charge on any atom is 0.312 e. The summed E-state index contributed by atoms with van der Waals surface area (Å²) in [6.07, 6.45) is 2.43. The molecule has 5 heteroatoms. The van der Waals surface area contributed by atoms with Crippen LogP contribution in [0.3, 0.4) is 0 Å². The van der Waals surface area contributed by atoms with Crippen LogP contribution in [0.5, 0.6) is 0 Å². The highest BCUT2D eigenvalue weighted by Gasteiger charge is 2.33. The molecule has 0 saturated carbocycles. The van der Waals surface area contributed by atoms with Crippen LogP contribution in [0, 0.1) is 11.3 Å². The number of rotatable bonds is 2. The van der Waals surface area contributed by atoms with Gasteiger partial charge in [-0.1, -0.05) is 0 Å². The van der Waals surface area contributed by atoms with Crippen LogP contribution in [0.2, 0.25) is 0 Å². The van der Waals surface area contributed by atoms with Crippen LogP contribution in [0.4, 0.5) is 0 Å². The minimum atomic E-state index is -0.808. The molecule has 1 aromatic rings. The lowest BCUT2D eigenvalue weighted by Gasteiger charge is -2.16. The number of nitriles is 1. The van der Waals surface area contributed by atoms with Crippen LogP contribution in [-0.2, 0) is 16.6 Å². The Morgan fingerprint density at radius 1 is 1.65 bits per heavy atom. The Morgan fingerprint density at radius 3 is 2.94 bits per heavy atom. The summed E-state index contributed by atoms with van der Waals surface area (Å²) < 4.78 is 0. The summed E-state index contributed by atoms with van der Waals surface area (Å²) in [7, 11) is 0. The Kier molecular flexibility index (Phi) is 2.92. The number of hydrogen-bond donors (Lipinski definition) is 1. The van der Waals surface area contributed by atoms with Crippen molar-refractivity contribution in [2.24, 2.45) is 0 Å². The molecule has 1 aliphatic rings. The molecule has 17 heavy (non-hydrogen) atoms. The van der Waals surface area contributed by atoms with Crippen molar-refractivity contribution < 1.29 is 9.90 Å². The van der Waals surface area contributed by atoms with E-state index in [0.29, 0.717) is 12.1 Å². The Morgan fingerprint density at radius 2 is 2.35 bits per heavy atom. The second-order valence-electron chi connectivity index (χ2n) is 4.85. The predicted octanol–water partition coefficient (Wildman–Crippen LogP) is 2.45. The Labute approximate surface area is 104 Å². The molecule has 1 unspecified atom stereocenters. The Bertz CT molecular complexity index is 499. The van der Waals surface area contributed by atoms with Gasteiger partial charge in [-0.25, -0.2) is 4.98 Å². The van der Waals surface area contributed by atoms with Gasteiger partial charge >= 0.3 is 5.97 Å². The third-order valence-corrected chi connectivity index (χ3v) is 4.52. The van der Waals surface area contributed by atoms with Gasteiger partial charge in [-0.3, -0.25) is 4.79 Å². The molecule has 2 rings (SSSR count). The fraction of sp³-hybridized carbons (Fsp3) is 0.583. The highest BCUT2D eigenvalue weighted by Crippen LogP contribution is 2.38. The molecule has 4 nitrogen and oxygen atoms in total. The van der Waals surface area contributed by atoms with Gasteiger partial charge in [0.15, 0.2) is 0 Å². The summed E-state index contributed by atoms with van der Waals surface area (Å²) in [6.45, 7) is 3.63. The van der Waals surface area contributed by atoms with E-state index in [4.69, 9.17) is 10.4 Å². The van der Waals surface area contributed by atoms with E-state index in [-0.39, 0.29) is 0 Å². The third kappa shape index (κ3) is 2.05. The fourth-order valence-electron chi connectivity index (χ4n) is 1.97. The summed E-state index contributed by atoms with van der Waals surface area (Å²) in [5.74, 6) is -1.30. The molecule has 1 atom stereocenters. The first-order chi connectivity index (χ1) is 7.95.